The predicted molar refractivity (Wildman–Crippen MR) is 112 cm³/mol. The number of nitrogens with one attached hydrogen (secondary N) is 1. The Morgan fingerprint density at radius 2 is 1.82 bits per heavy atom. The zero-order valence-electron chi connectivity index (χ0n) is 15.6. The summed E-state index contributed by atoms with van der Waals surface area (Å²) in [4.78, 5) is 20.4. The fraction of sp³-hybridized carbons (Fsp3) is 0.217. The number of amides is 1. The van der Waals surface area contributed by atoms with Crippen LogP contribution in [0.15, 0.2) is 88.9 Å². The first-order chi connectivity index (χ1) is 13.8. The second-order valence-corrected chi connectivity index (χ2v) is 8.07. The van der Waals surface area contributed by atoms with E-state index >= 15 is 0 Å². The van der Waals surface area contributed by atoms with Crippen molar-refractivity contribution in [2.75, 3.05) is 13.1 Å². The van der Waals surface area contributed by atoms with E-state index in [9.17, 15) is 4.79 Å². The normalized spacial score (nSPS) is 16.8. The highest BCUT2D eigenvalue weighted by Gasteiger charge is 2.24. The maximum Gasteiger partial charge on any atom is 0.251 e. The summed E-state index contributed by atoms with van der Waals surface area (Å²) in [5, 5.41) is 4.13. The third-order valence-corrected chi connectivity index (χ3v) is 5.79. The van der Waals surface area contributed by atoms with Crippen LogP contribution in [0.3, 0.4) is 0 Å². The average molecular weight is 390 g/mol. The lowest BCUT2D eigenvalue weighted by Gasteiger charge is -2.17. The Hall–Kier alpha value is -2.63. The van der Waals surface area contributed by atoms with Gasteiger partial charge >= 0.3 is 0 Å². The van der Waals surface area contributed by atoms with E-state index in [0.29, 0.717) is 5.56 Å². The SMILES string of the molecule is O=C(NC1CCN(Cc2ccccc2)C1)c1ccc(Sc2ccccn2)cc1. The van der Waals surface area contributed by atoms with Crippen molar-refractivity contribution in [2.24, 2.45) is 0 Å². The van der Waals surface area contributed by atoms with Crippen molar-refractivity contribution in [3.8, 4) is 0 Å². The van der Waals surface area contributed by atoms with Crippen molar-refractivity contribution in [1.82, 2.24) is 15.2 Å². The summed E-state index contributed by atoms with van der Waals surface area (Å²) >= 11 is 1.59. The molecule has 2 aromatic carbocycles. The van der Waals surface area contributed by atoms with Crippen molar-refractivity contribution in [3.05, 3.63) is 90.1 Å². The van der Waals surface area contributed by atoms with E-state index in [2.05, 4.69) is 39.5 Å². The van der Waals surface area contributed by atoms with Crippen LogP contribution < -0.4 is 5.32 Å². The first-order valence-electron chi connectivity index (χ1n) is 9.52. The Labute approximate surface area is 170 Å². The number of likely N-dealkylation sites (tertiary alicyclic amines) is 1. The van der Waals surface area contributed by atoms with Gasteiger partial charge in [-0.05, 0) is 48.4 Å². The second-order valence-electron chi connectivity index (χ2n) is 6.97. The van der Waals surface area contributed by atoms with Crippen molar-refractivity contribution in [1.29, 1.82) is 0 Å². The van der Waals surface area contributed by atoms with E-state index in [1.54, 1.807) is 18.0 Å². The summed E-state index contributed by atoms with van der Waals surface area (Å²) in [5.41, 5.74) is 2.02. The highest BCUT2D eigenvalue weighted by Crippen LogP contribution is 2.25. The molecule has 0 saturated carbocycles. The van der Waals surface area contributed by atoms with Crippen LogP contribution in [0.4, 0.5) is 0 Å². The highest BCUT2D eigenvalue weighted by molar-refractivity contribution is 7.99. The number of nitrogens with zero attached hydrogens (tertiary/aromatic N) is 2. The molecule has 0 aliphatic carbocycles. The molecule has 1 unspecified atom stereocenters. The van der Waals surface area contributed by atoms with Crippen LogP contribution >= 0.6 is 11.8 Å². The fourth-order valence-electron chi connectivity index (χ4n) is 3.41. The molecule has 5 heteroatoms. The number of benzene rings is 2. The molecule has 1 atom stereocenters. The van der Waals surface area contributed by atoms with Crippen molar-refractivity contribution >= 4 is 17.7 Å². The largest absolute Gasteiger partial charge is 0.348 e. The monoisotopic (exact) mass is 389 g/mol. The van der Waals surface area contributed by atoms with Crippen LogP contribution in [0, 0.1) is 0 Å². The van der Waals surface area contributed by atoms with Gasteiger partial charge in [0.1, 0.15) is 5.03 Å². The standard InChI is InChI=1S/C23H23N3OS/c27-23(19-9-11-21(12-10-19)28-22-8-4-5-14-24-22)25-20-13-15-26(17-20)16-18-6-2-1-3-7-18/h1-12,14,20H,13,15-17H2,(H,25,27). The summed E-state index contributed by atoms with van der Waals surface area (Å²) in [6, 6.07) is 24.3. The number of carbonyl (C=O) groups is 1. The molecule has 1 aliphatic rings. The van der Waals surface area contributed by atoms with E-state index in [1.807, 2.05) is 48.5 Å². The Balaban J connectivity index is 1.29. The number of aromatic nitrogens is 1. The Morgan fingerprint density at radius 3 is 2.57 bits per heavy atom. The molecule has 28 heavy (non-hydrogen) atoms. The van der Waals surface area contributed by atoms with Crippen LogP contribution in [0.1, 0.15) is 22.3 Å². The Morgan fingerprint density at radius 1 is 1.04 bits per heavy atom. The first-order valence-corrected chi connectivity index (χ1v) is 10.3. The molecular formula is C23H23N3OS. The van der Waals surface area contributed by atoms with Gasteiger partial charge in [0.25, 0.3) is 5.91 Å². The minimum absolute atomic E-state index is 0.000877. The predicted octanol–water partition coefficient (Wildman–Crippen LogP) is 4.24. The summed E-state index contributed by atoms with van der Waals surface area (Å²) in [7, 11) is 0. The van der Waals surface area contributed by atoms with Crippen molar-refractivity contribution in [3.63, 3.8) is 0 Å². The van der Waals surface area contributed by atoms with Gasteiger partial charge in [-0.25, -0.2) is 4.98 Å². The van der Waals surface area contributed by atoms with Gasteiger partial charge in [0.2, 0.25) is 0 Å². The van der Waals surface area contributed by atoms with Crippen molar-refractivity contribution < 1.29 is 4.79 Å². The number of hydrogen-bond acceptors (Lipinski definition) is 4. The summed E-state index contributed by atoms with van der Waals surface area (Å²) in [5.74, 6) is 0.000877. The number of rotatable bonds is 6. The average Bonchev–Trinajstić information content (AvgIpc) is 3.17. The number of pyridine rings is 1. The fourth-order valence-corrected chi connectivity index (χ4v) is 4.18. The third kappa shape index (κ3) is 5.00. The molecule has 2 heterocycles. The third-order valence-electron chi connectivity index (χ3n) is 4.83. The maximum absolute atomic E-state index is 12.6. The van der Waals surface area contributed by atoms with E-state index in [4.69, 9.17) is 0 Å². The highest BCUT2D eigenvalue weighted by atomic mass is 32.2. The van der Waals surface area contributed by atoms with Gasteiger partial charge < -0.3 is 5.32 Å². The molecule has 1 amide bonds. The molecular weight excluding hydrogens is 366 g/mol. The van der Waals surface area contributed by atoms with Crippen LogP contribution in [0.5, 0.6) is 0 Å². The topological polar surface area (TPSA) is 45.2 Å². The van der Waals surface area contributed by atoms with Gasteiger partial charge in [-0.3, -0.25) is 9.69 Å². The number of carbonyl (C=O) groups excluding carboxylic acids is 1. The maximum atomic E-state index is 12.6. The minimum atomic E-state index is 0.000877. The summed E-state index contributed by atoms with van der Waals surface area (Å²) in [6.07, 6.45) is 2.78. The van der Waals surface area contributed by atoms with Crippen LogP contribution in [0.2, 0.25) is 0 Å². The van der Waals surface area contributed by atoms with Gasteiger partial charge in [0.15, 0.2) is 0 Å². The molecule has 1 fully saturated rings. The molecule has 3 aromatic rings. The van der Waals surface area contributed by atoms with Gasteiger partial charge in [-0.1, -0.05) is 48.2 Å². The lowest BCUT2D eigenvalue weighted by atomic mass is 10.2. The Bertz CT molecular complexity index is 900. The molecule has 0 bridgehead atoms. The molecule has 1 aliphatic heterocycles. The number of hydrogen-bond donors (Lipinski definition) is 1. The molecule has 1 saturated heterocycles. The van der Waals surface area contributed by atoms with Crippen molar-refractivity contribution in [2.45, 2.75) is 28.9 Å². The Kier molecular flexibility index (Phi) is 6.04. The zero-order chi connectivity index (χ0) is 19.2. The molecule has 4 rings (SSSR count). The van der Waals surface area contributed by atoms with Gasteiger partial charge in [-0.2, -0.15) is 0 Å². The van der Waals surface area contributed by atoms with Crippen LogP contribution in [0.25, 0.3) is 0 Å². The molecule has 1 aromatic heterocycles. The molecule has 1 N–H and O–H groups in total. The molecule has 142 valence electrons. The van der Waals surface area contributed by atoms with E-state index in [1.165, 1.54) is 5.56 Å². The van der Waals surface area contributed by atoms with E-state index < -0.39 is 0 Å². The summed E-state index contributed by atoms with van der Waals surface area (Å²) in [6.45, 7) is 2.85. The van der Waals surface area contributed by atoms with Crippen LogP contribution in [-0.4, -0.2) is 34.9 Å². The van der Waals surface area contributed by atoms with Gasteiger partial charge in [0, 0.05) is 42.3 Å². The van der Waals surface area contributed by atoms with E-state index in [0.717, 1.165) is 36.0 Å². The molecule has 0 spiro atoms. The van der Waals surface area contributed by atoms with Gasteiger partial charge in [-0.15, -0.1) is 0 Å². The minimum Gasteiger partial charge on any atom is -0.348 e. The molecule has 0 radical (unpaired) electrons. The second kappa shape index (κ2) is 9.04. The quantitative estimate of drug-likeness (QED) is 0.685. The molecule has 4 nitrogen and oxygen atoms in total. The smallest absolute Gasteiger partial charge is 0.251 e. The zero-order valence-corrected chi connectivity index (χ0v) is 16.4. The lowest BCUT2D eigenvalue weighted by Crippen LogP contribution is -2.36. The van der Waals surface area contributed by atoms with Gasteiger partial charge in [0.05, 0.1) is 0 Å². The summed E-state index contributed by atoms with van der Waals surface area (Å²) < 4.78 is 0. The van der Waals surface area contributed by atoms with E-state index in [-0.39, 0.29) is 11.9 Å². The first kappa shape index (κ1) is 18.7. The lowest BCUT2D eigenvalue weighted by molar-refractivity contribution is 0.0937. The van der Waals surface area contributed by atoms with Crippen LogP contribution in [-0.2, 0) is 6.54 Å².